The molecule has 1 saturated heterocycles. The van der Waals surface area contributed by atoms with Crippen LogP contribution in [-0.2, 0) is 0 Å². The van der Waals surface area contributed by atoms with E-state index in [1.165, 1.54) is 18.4 Å². The van der Waals surface area contributed by atoms with Gasteiger partial charge in [-0.25, -0.2) is 0 Å². The fraction of sp³-hybridized carbons (Fsp3) is 0.286. The van der Waals surface area contributed by atoms with Gasteiger partial charge in [-0.05, 0) is 65.2 Å². The van der Waals surface area contributed by atoms with E-state index < -0.39 is 0 Å². The molecule has 25 heavy (non-hydrogen) atoms. The second-order valence-corrected chi connectivity index (χ2v) is 7.33. The highest BCUT2D eigenvalue weighted by Crippen LogP contribution is 2.26. The molecule has 1 N–H and O–H groups in total. The van der Waals surface area contributed by atoms with Gasteiger partial charge in [0.2, 0.25) is 0 Å². The van der Waals surface area contributed by atoms with E-state index >= 15 is 0 Å². The van der Waals surface area contributed by atoms with Gasteiger partial charge in [-0.1, -0.05) is 36.4 Å². The first-order valence-electron chi connectivity index (χ1n) is 8.85. The highest BCUT2D eigenvalue weighted by Gasteiger charge is 2.24. The largest absolute Gasteiger partial charge is 0.350 e. The van der Waals surface area contributed by atoms with Crippen LogP contribution in [0.15, 0.2) is 59.3 Å². The van der Waals surface area contributed by atoms with E-state index in [0.717, 1.165) is 29.4 Å². The van der Waals surface area contributed by atoms with Crippen LogP contribution < -0.4 is 5.32 Å². The van der Waals surface area contributed by atoms with Crippen LogP contribution >= 0.6 is 11.3 Å². The molecule has 1 aliphatic heterocycles. The lowest BCUT2D eigenvalue weighted by Crippen LogP contribution is -2.36. The molecule has 4 rings (SSSR count). The maximum Gasteiger partial charge on any atom is 0.251 e. The minimum Gasteiger partial charge on any atom is -0.350 e. The van der Waals surface area contributed by atoms with Crippen molar-refractivity contribution in [2.45, 2.75) is 18.9 Å². The van der Waals surface area contributed by atoms with Gasteiger partial charge in [-0.2, -0.15) is 11.3 Å². The molecule has 128 valence electrons. The molecule has 3 aromatic rings. The zero-order valence-electron chi connectivity index (χ0n) is 14.2. The number of fused-ring (bicyclic) bond motifs is 1. The lowest BCUT2D eigenvalue weighted by molar-refractivity contribution is 0.0939. The summed E-state index contributed by atoms with van der Waals surface area (Å²) >= 11 is 1.72. The Morgan fingerprint density at radius 2 is 1.88 bits per heavy atom. The first-order chi connectivity index (χ1) is 12.3. The Hall–Kier alpha value is -2.17. The van der Waals surface area contributed by atoms with Crippen LogP contribution in [0.2, 0.25) is 0 Å². The molecule has 2 heterocycles. The number of hydrogen-bond acceptors (Lipinski definition) is 3. The van der Waals surface area contributed by atoms with Crippen LogP contribution in [0, 0.1) is 0 Å². The molecule has 0 bridgehead atoms. The fourth-order valence-corrected chi connectivity index (χ4v) is 4.39. The van der Waals surface area contributed by atoms with E-state index in [1.807, 2.05) is 42.5 Å². The lowest BCUT2D eigenvalue weighted by atomic mass is 10.0. The number of rotatable bonds is 5. The second-order valence-electron chi connectivity index (χ2n) is 6.55. The van der Waals surface area contributed by atoms with Gasteiger partial charge in [-0.3, -0.25) is 9.69 Å². The number of amides is 1. The first kappa shape index (κ1) is 16.3. The molecule has 0 aliphatic carbocycles. The topological polar surface area (TPSA) is 32.3 Å². The zero-order valence-corrected chi connectivity index (χ0v) is 15.0. The van der Waals surface area contributed by atoms with Crippen molar-refractivity contribution in [3.63, 3.8) is 0 Å². The summed E-state index contributed by atoms with van der Waals surface area (Å²) in [6.45, 7) is 2.88. The fourth-order valence-electron chi connectivity index (χ4n) is 3.68. The van der Waals surface area contributed by atoms with E-state index in [0.29, 0.717) is 6.54 Å². The quantitative estimate of drug-likeness (QED) is 0.736. The summed E-state index contributed by atoms with van der Waals surface area (Å²) in [6.07, 6.45) is 2.50. The van der Waals surface area contributed by atoms with Crippen molar-refractivity contribution in [1.82, 2.24) is 10.2 Å². The third-order valence-electron chi connectivity index (χ3n) is 5.00. The van der Waals surface area contributed by atoms with E-state index in [4.69, 9.17) is 0 Å². The Labute approximate surface area is 152 Å². The Bertz CT molecular complexity index is 848. The second kappa shape index (κ2) is 7.38. The minimum absolute atomic E-state index is 0.0104. The van der Waals surface area contributed by atoms with Crippen LogP contribution in [0.4, 0.5) is 0 Å². The summed E-state index contributed by atoms with van der Waals surface area (Å²) < 4.78 is 0. The minimum atomic E-state index is 0.0104. The molecule has 1 aromatic heterocycles. The molecule has 1 aliphatic rings. The van der Waals surface area contributed by atoms with Gasteiger partial charge in [0.25, 0.3) is 5.91 Å². The summed E-state index contributed by atoms with van der Waals surface area (Å²) in [4.78, 5) is 15.3. The van der Waals surface area contributed by atoms with E-state index in [9.17, 15) is 4.79 Å². The van der Waals surface area contributed by atoms with Crippen molar-refractivity contribution in [1.29, 1.82) is 0 Å². The molecule has 1 unspecified atom stereocenters. The predicted octanol–water partition coefficient (Wildman–Crippen LogP) is 4.47. The van der Waals surface area contributed by atoms with Crippen LogP contribution in [-0.4, -0.2) is 30.4 Å². The van der Waals surface area contributed by atoms with Crippen molar-refractivity contribution in [2.75, 3.05) is 19.6 Å². The highest BCUT2D eigenvalue weighted by atomic mass is 32.1. The molecule has 4 heteroatoms. The summed E-state index contributed by atoms with van der Waals surface area (Å²) in [5.41, 5.74) is 2.06. The van der Waals surface area contributed by atoms with Crippen molar-refractivity contribution in [3.05, 3.63) is 70.4 Å². The van der Waals surface area contributed by atoms with Crippen molar-refractivity contribution < 1.29 is 4.79 Å². The molecule has 0 saturated carbocycles. The van der Waals surface area contributed by atoms with Crippen LogP contribution in [0.25, 0.3) is 10.8 Å². The smallest absolute Gasteiger partial charge is 0.251 e. The van der Waals surface area contributed by atoms with Gasteiger partial charge in [-0.15, -0.1) is 0 Å². The van der Waals surface area contributed by atoms with Gasteiger partial charge in [0, 0.05) is 12.1 Å². The van der Waals surface area contributed by atoms with Gasteiger partial charge in [0.15, 0.2) is 0 Å². The van der Waals surface area contributed by atoms with Crippen molar-refractivity contribution in [2.24, 2.45) is 0 Å². The molecule has 2 aromatic carbocycles. The molecule has 1 fully saturated rings. The number of carbonyl (C=O) groups is 1. The van der Waals surface area contributed by atoms with E-state index in [-0.39, 0.29) is 11.9 Å². The van der Waals surface area contributed by atoms with E-state index in [1.54, 1.807) is 11.3 Å². The summed E-state index contributed by atoms with van der Waals surface area (Å²) in [6, 6.07) is 16.4. The predicted molar refractivity (Wildman–Crippen MR) is 104 cm³/mol. The van der Waals surface area contributed by atoms with Crippen molar-refractivity contribution >= 4 is 28.0 Å². The lowest BCUT2D eigenvalue weighted by Gasteiger charge is -2.27. The molecule has 1 amide bonds. The first-order valence-corrected chi connectivity index (χ1v) is 9.79. The third kappa shape index (κ3) is 3.46. The summed E-state index contributed by atoms with van der Waals surface area (Å²) in [7, 11) is 0. The highest BCUT2D eigenvalue weighted by molar-refractivity contribution is 7.07. The van der Waals surface area contributed by atoms with Gasteiger partial charge in [0.05, 0.1) is 6.04 Å². The maximum absolute atomic E-state index is 12.8. The molecule has 3 nitrogen and oxygen atoms in total. The average Bonchev–Trinajstić information content (AvgIpc) is 3.36. The Morgan fingerprint density at radius 3 is 2.68 bits per heavy atom. The molecular weight excluding hydrogens is 328 g/mol. The molecular formula is C21H22N2OS. The van der Waals surface area contributed by atoms with Crippen LogP contribution in [0.5, 0.6) is 0 Å². The number of thiophene rings is 1. The van der Waals surface area contributed by atoms with Crippen LogP contribution in [0.3, 0.4) is 0 Å². The number of nitrogens with one attached hydrogen (secondary N) is 1. The standard InChI is InChI=1S/C21H22N2OS/c24-21(19-9-5-7-16-6-1-2-8-18(16)19)22-14-20(17-10-13-25-15-17)23-11-3-4-12-23/h1-2,5-10,13,15,20H,3-4,11-12,14H2,(H,22,24). The van der Waals surface area contributed by atoms with Crippen LogP contribution in [0.1, 0.15) is 34.8 Å². The SMILES string of the molecule is O=C(NCC(c1ccsc1)N1CCCC1)c1cccc2ccccc12. The van der Waals surface area contributed by atoms with E-state index in [2.05, 4.69) is 27.0 Å². The zero-order chi connectivity index (χ0) is 17.1. The number of likely N-dealkylation sites (tertiary alicyclic amines) is 1. The number of carbonyl (C=O) groups excluding carboxylic acids is 1. The normalized spacial score (nSPS) is 16.2. The monoisotopic (exact) mass is 350 g/mol. The van der Waals surface area contributed by atoms with Gasteiger partial charge in [0.1, 0.15) is 0 Å². The van der Waals surface area contributed by atoms with Gasteiger partial charge >= 0.3 is 0 Å². The Kier molecular flexibility index (Phi) is 4.81. The number of hydrogen-bond donors (Lipinski definition) is 1. The van der Waals surface area contributed by atoms with Crippen molar-refractivity contribution in [3.8, 4) is 0 Å². The average molecular weight is 350 g/mol. The Morgan fingerprint density at radius 1 is 1.08 bits per heavy atom. The molecule has 1 atom stereocenters. The Balaban J connectivity index is 1.53. The third-order valence-corrected chi connectivity index (χ3v) is 5.70. The number of benzene rings is 2. The number of nitrogens with zero attached hydrogens (tertiary/aromatic N) is 1. The summed E-state index contributed by atoms with van der Waals surface area (Å²) in [5.74, 6) is 0.0104. The van der Waals surface area contributed by atoms with Gasteiger partial charge < -0.3 is 5.32 Å². The molecule has 0 spiro atoms. The maximum atomic E-state index is 12.8. The summed E-state index contributed by atoms with van der Waals surface area (Å²) in [5, 5.41) is 9.61. The molecule has 0 radical (unpaired) electrons.